The molecule has 0 unspecified atom stereocenters. The zero-order valence-corrected chi connectivity index (χ0v) is 17.5. The highest BCUT2D eigenvalue weighted by molar-refractivity contribution is 6.34. The first kappa shape index (κ1) is 19.4. The molecule has 6 nitrogen and oxygen atoms in total. The summed E-state index contributed by atoms with van der Waals surface area (Å²) in [6.45, 7) is 0. The molecular formula is C23H15Cl2N5O. The van der Waals surface area contributed by atoms with Gasteiger partial charge in [-0.25, -0.2) is 9.97 Å². The summed E-state index contributed by atoms with van der Waals surface area (Å²) in [7, 11) is 0. The minimum atomic E-state index is 0.0759. The fraction of sp³-hybridized carbons (Fsp3) is 0. The van der Waals surface area contributed by atoms with E-state index in [0.29, 0.717) is 38.6 Å². The molecule has 0 radical (unpaired) electrons. The van der Waals surface area contributed by atoms with Crippen molar-refractivity contribution in [2.24, 2.45) is 0 Å². The SMILES string of the molecule is Oc1cc(Nc2nc(-c3cccnc3)nc3ccc(Cl)cc23)c(Cl)cc1-n1cccc1. The minimum absolute atomic E-state index is 0.0759. The summed E-state index contributed by atoms with van der Waals surface area (Å²) in [4.78, 5) is 13.5. The molecule has 0 saturated heterocycles. The van der Waals surface area contributed by atoms with Gasteiger partial charge in [0.1, 0.15) is 11.6 Å². The number of hydrogen-bond acceptors (Lipinski definition) is 5. The van der Waals surface area contributed by atoms with E-state index in [1.54, 1.807) is 41.2 Å². The van der Waals surface area contributed by atoms with E-state index in [1.165, 1.54) is 0 Å². The Morgan fingerprint density at radius 1 is 0.935 bits per heavy atom. The Morgan fingerprint density at radius 2 is 1.77 bits per heavy atom. The number of fused-ring (bicyclic) bond motifs is 1. The van der Waals surface area contributed by atoms with Crippen molar-refractivity contribution in [2.45, 2.75) is 0 Å². The largest absolute Gasteiger partial charge is 0.506 e. The number of phenols is 1. The molecule has 5 aromatic rings. The van der Waals surface area contributed by atoms with Crippen molar-refractivity contribution in [3.8, 4) is 22.8 Å². The Morgan fingerprint density at radius 3 is 2.55 bits per heavy atom. The molecule has 5 rings (SSSR count). The van der Waals surface area contributed by atoms with Crippen molar-refractivity contribution < 1.29 is 5.11 Å². The van der Waals surface area contributed by atoms with Crippen LogP contribution in [0.3, 0.4) is 0 Å². The van der Waals surface area contributed by atoms with Crippen LogP contribution in [0.25, 0.3) is 28.0 Å². The maximum atomic E-state index is 10.6. The van der Waals surface area contributed by atoms with Crippen molar-refractivity contribution in [1.29, 1.82) is 0 Å². The Hall–Kier alpha value is -3.61. The number of nitrogens with zero attached hydrogens (tertiary/aromatic N) is 4. The smallest absolute Gasteiger partial charge is 0.163 e. The lowest BCUT2D eigenvalue weighted by atomic mass is 10.2. The maximum Gasteiger partial charge on any atom is 0.163 e. The van der Waals surface area contributed by atoms with E-state index in [4.69, 9.17) is 23.2 Å². The molecule has 2 N–H and O–H groups in total. The molecule has 31 heavy (non-hydrogen) atoms. The van der Waals surface area contributed by atoms with E-state index in [-0.39, 0.29) is 5.75 Å². The lowest BCUT2D eigenvalue weighted by Crippen LogP contribution is -2.01. The van der Waals surface area contributed by atoms with Gasteiger partial charge < -0.3 is 15.0 Å². The lowest BCUT2D eigenvalue weighted by molar-refractivity contribution is 0.472. The van der Waals surface area contributed by atoms with E-state index in [0.717, 1.165) is 10.9 Å². The highest BCUT2D eigenvalue weighted by atomic mass is 35.5. The molecule has 3 heterocycles. The number of pyridine rings is 1. The molecule has 152 valence electrons. The lowest BCUT2D eigenvalue weighted by Gasteiger charge is -2.14. The number of nitrogens with one attached hydrogen (secondary N) is 1. The zero-order chi connectivity index (χ0) is 21.4. The summed E-state index contributed by atoms with van der Waals surface area (Å²) in [5.74, 6) is 1.10. The van der Waals surface area contributed by atoms with E-state index in [9.17, 15) is 5.11 Å². The summed E-state index contributed by atoms with van der Waals surface area (Å²) >= 11 is 12.8. The molecule has 0 amide bonds. The third kappa shape index (κ3) is 3.79. The second kappa shape index (κ2) is 7.91. The highest BCUT2D eigenvalue weighted by Gasteiger charge is 2.14. The van der Waals surface area contributed by atoms with Gasteiger partial charge in [0.05, 0.1) is 21.9 Å². The van der Waals surface area contributed by atoms with Crippen molar-refractivity contribution >= 4 is 45.6 Å². The molecule has 0 atom stereocenters. The maximum absolute atomic E-state index is 10.6. The van der Waals surface area contributed by atoms with Gasteiger partial charge in [0, 0.05) is 46.8 Å². The molecular weight excluding hydrogens is 433 g/mol. The molecule has 2 aromatic carbocycles. The van der Waals surface area contributed by atoms with Crippen LogP contribution in [0.2, 0.25) is 10.0 Å². The second-order valence-corrected chi connectivity index (χ2v) is 7.68. The standard InChI is InChI=1S/C23H15Cl2N5O/c24-15-5-6-18-16(10-15)23(29-22(27-18)14-4-3-7-26-13-14)28-19-12-21(31)20(11-17(19)25)30-8-1-2-9-30/h1-13,31H,(H,27,28,29). The van der Waals surface area contributed by atoms with E-state index < -0.39 is 0 Å². The summed E-state index contributed by atoms with van der Waals surface area (Å²) in [5, 5.41) is 15.5. The normalized spacial score (nSPS) is 11.0. The average molecular weight is 448 g/mol. The van der Waals surface area contributed by atoms with Crippen molar-refractivity contribution in [3.63, 3.8) is 0 Å². The monoisotopic (exact) mass is 447 g/mol. The van der Waals surface area contributed by atoms with Gasteiger partial charge in [-0.05, 0) is 48.5 Å². The number of anilines is 2. The molecule has 0 bridgehead atoms. The van der Waals surface area contributed by atoms with Crippen LogP contribution >= 0.6 is 23.2 Å². The first-order chi connectivity index (χ1) is 15.1. The fourth-order valence-electron chi connectivity index (χ4n) is 3.30. The summed E-state index contributed by atoms with van der Waals surface area (Å²) in [6, 6.07) is 16.1. The van der Waals surface area contributed by atoms with Crippen LogP contribution in [0, 0.1) is 0 Å². The van der Waals surface area contributed by atoms with Crippen LogP contribution in [0.15, 0.2) is 79.4 Å². The minimum Gasteiger partial charge on any atom is -0.506 e. The van der Waals surface area contributed by atoms with E-state index in [2.05, 4.69) is 20.3 Å². The van der Waals surface area contributed by atoms with Gasteiger partial charge in [-0.2, -0.15) is 0 Å². The topological polar surface area (TPSA) is 75.9 Å². The van der Waals surface area contributed by atoms with Crippen molar-refractivity contribution in [1.82, 2.24) is 19.5 Å². The third-order valence-corrected chi connectivity index (χ3v) is 5.33. The Kier molecular flexibility index (Phi) is 4.94. The Bertz CT molecular complexity index is 1390. The molecule has 0 aliphatic carbocycles. The molecule has 0 aliphatic rings. The van der Waals surface area contributed by atoms with Gasteiger partial charge in [0.2, 0.25) is 0 Å². The Labute approximate surface area is 187 Å². The molecule has 8 heteroatoms. The van der Waals surface area contributed by atoms with Gasteiger partial charge in [-0.3, -0.25) is 4.98 Å². The van der Waals surface area contributed by atoms with Gasteiger partial charge >= 0.3 is 0 Å². The fourth-order valence-corrected chi connectivity index (χ4v) is 3.67. The van der Waals surface area contributed by atoms with Gasteiger partial charge in [-0.15, -0.1) is 0 Å². The quantitative estimate of drug-likeness (QED) is 0.341. The molecule has 0 spiro atoms. The second-order valence-electron chi connectivity index (χ2n) is 6.84. The van der Waals surface area contributed by atoms with Crippen LogP contribution in [0.4, 0.5) is 11.5 Å². The van der Waals surface area contributed by atoms with Gasteiger partial charge in [0.25, 0.3) is 0 Å². The highest BCUT2D eigenvalue weighted by Crippen LogP contribution is 2.36. The molecule has 0 fully saturated rings. The van der Waals surface area contributed by atoms with Crippen LogP contribution in [-0.2, 0) is 0 Å². The van der Waals surface area contributed by atoms with E-state index in [1.807, 2.05) is 42.7 Å². The first-order valence-electron chi connectivity index (χ1n) is 9.39. The van der Waals surface area contributed by atoms with Crippen LogP contribution in [-0.4, -0.2) is 24.6 Å². The summed E-state index contributed by atoms with van der Waals surface area (Å²) in [5.41, 5.74) is 2.57. The van der Waals surface area contributed by atoms with E-state index >= 15 is 0 Å². The predicted molar refractivity (Wildman–Crippen MR) is 124 cm³/mol. The number of benzene rings is 2. The number of phenolic OH excluding ortho intramolecular Hbond substituents is 1. The number of rotatable bonds is 4. The van der Waals surface area contributed by atoms with Crippen molar-refractivity contribution in [3.05, 3.63) is 89.4 Å². The number of aromatic hydroxyl groups is 1. The first-order valence-corrected chi connectivity index (χ1v) is 10.1. The van der Waals surface area contributed by atoms with Crippen LogP contribution < -0.4 is 5.32 Å². The average Bonchev–Trinajstić information content (AvgIpc) is 3.31. The number of aromatic nitrogens is 4. The van der Waals surface area contributed by atoms with Crippen molar-refractivity contribution in [2.75, 3.05) is 5.32 Å². The van der Waals surface area contributed by atoms with Crippen LogP contribution in [0.1, 0.15) is 0 Å². The summed E-state index contributed by atoms with van der Waals surface area (Å²) < 4.78 is 1.78. The van der Waals surface area contributed by atoms with Gasteiger partial charge in [-0.1, -0.05) is 23.2 Å². The molecule has 0 aliphatic heterocycles. The molecule has 3 aromatic heterocycles. The Balaban J connectivity index is 1.63. The zero-order valence-electron chi connectivity index (χ0n) is 16.0. The number of halogens is 2. The van der Waals surface area contributed by atoms with Gasteiger partial charge in [0.15, 0.2) is 5.82 Å². The third-order valence-electron chi connectivity index (χ3n) is 4.78. The number of hydrogen-bond donors (Lipinski definition) is 2. The molecule has 0 saturated carbocycles. The van der Waals surface area contributed by atoms with Crippen LogP contribution in [0.5, 0.6) is 5.75 Å². The predicted octanol–water partition coefficient (Wildman–Crippen LogP) is 6.24. The summed E-state index contributed by atoms with van der Waals surface area (Å²) in [6.07, 6.45) is 7.06.